The second kappa shape index (κ2) is 9.04. The monoisotopic (exact) mass is 354 g/mol. The molecule has 0 radical (unpaired) electrons. The highest BCUT2D eigenvalue weighted by Crippen LogP contribution is 2.15. The lowest BCUT2D eigenvalue weighted by Crippen LogP contribution is -2.47. The van der Waals surface area contributed by atoms with Crippen LogP contribution in [0.25, 0.3) is 0 Å². The molecule has 2 N–H and O–H groups in total. The quantitative estimate of drug-likeness (QED) is 0.797. The van der Waals surface area contributed by atoms with Crippen LogP contribution in [0.2, 0.25) is 0 Å². The van der Waals surface area contributed by atoms with Crippen molar-refractivity contribution in [3.63, 3.8) is 0 Å². The number of rotatable bonds is 7. The molecule has 2 rings (SSSR count). The molecule has 138 valence electrons. The highest BCUT2D eigenvalue weighted by molar-refractivity contribution is 6.01. The molecule has 0 bridgehead atoms. The van der Waals surface area contributed by atoms with E-state index in [1.165, 1.54) is 0 Å². The van der Waals surface area contributed by atoms with Gasteiger partial charge in [-0.3, -0.25) is 9.59 Å². The molecular weight excluding hydrogens is 328 g/mol. The van der Waals surface area contributed by atoms with Gasteiger partial charge in [-0.1, -0.05) is 32.9 Å². The molecule has 0 fully saturated rings. The van der Waals surface area contributed by atoms with Gasteiger partial charge in [-0.05, 0) is 54.3 Å². The molecule has 0 saturated carbocycles. The van der Waals surface area contributed by atoms with Crippen molar-refractivity contribution in [2.24, 2.45) is 5.92 Å². The molecule has 0 heterocycles. The lowest BCUT2D eigenvalue weighted by atomic mass is 10.0. The average Bonchev–Trinajstić information content (AvgIpc) is 2.65. The molecule has 0 aromatic heterocycles. The van der Waals surface area contributed by atoms with Gasteiger partial charge in [0, 0.05) is 11.3 Å². The van der Waals surface area contributed by atoms with Crippen LogP contribution in [0.3, 0.4) is 0 Å². The van der Waals surface area contributed by atoms with Crippen molar-refractivity contribution in [3.05, 3.63) is 59.7 Å². The number of carbonyl (C=O) groups excluding carboxylic acids is 2. The van der Waals surface area contributed by atoms with Crippen LogP contribution in [0.15, 0.2) is 48.5 Å². The summed E-state index contributed by atoms with van der Waals surface area (Å²) >= 11 is 0. The minimum Gasteiger partial charge on any atom is -0.497 e. The van der Waals surface area contributed by atoms with Crippen molar-refractivity contribution in [2.45, 2.75) is 33.2 Å². The molecule has 5 nitrogen and oxygen atoms in total. The highest BCUT2D eigenvalue weighted by atomic mass is 16.5. The highest BCUT2D eigenvalue weighted by Gasteiger charge is 2.24. The van der Waals surface area contributed by atoms with Crippen molar-refractivity contribution < 1.29 is 14.3 Å². The predicted molar refractivity (Wildman–Crippen MR) is 104 cm³/mol. The molecule has 0 aliphatic carbocycles. The summed E-state index contributed by atoms with van der Waals surface area (Å²) in [6, 6.07) is 13.9. The van der Waals surface area contributed by atoms with Gasteiger partial charge in [-0.15, -0.1) is 0 Å². The van der Waals surface area contributed by atoms with E-state index in [0.717, 1.165) is 17.7 Å². The largest absolute Gasteiger partial charge is 0.497 e. The van der Waals surface area contributed by atoms with Gasteiger partial charge in [0.05, 0.1) is 7.11 Å². The van der Waals surface area contributed by atoms with Crippen LogP contribution in [-0.4, -0.2) is 25.0 Å². The number of ether oxygens (including phenoxy) is 1. The van der Waals surface area contributed by atoms with E-state index in [1.54, 1.807) is 31.4 Å². The molecule has 0 unspecified atom stereocenters. The van der Waals surface area contributed by atoms with Crippen molar-refractivity contribution >= 4 is 17.5 Å². The number of carbonyl (C=O) groups is 2. The summed E-state index contributed by atoms with van der Waals surface area (Å²) in [6.45, 7) is 5.87. The molecule has 0 aliphatic rings. The molecule has 0 spiro atoms. The van der Waals surface area contributed by atoms with Crippen molar-refractivity contribution in [3.8, 4) is 5.75 Å². The predicted octanol–water partition coefficient (Wildman–Crippen LogP) is 3.65. The number of amides is 2. The maximum atomic E-state index is 12.7. The summed E-state index contributed by atoms with van der Waals surface area (Å²) < 4.78 is 5.10. The lowest BCUT2D eigenvalue weighted by molar-refractivity contribution is -0.118. The number of nitrogens with one attached hydrogen (secondary N) is 2. The number of anilines is 1. The van der Waals surface area contributed by atoms with E-state index in [2.05, 4.69) is 17.6 Å². The van der Waals surface area contributed by atoms with Gasteiger partial charge in [0.2, 0.25) is 5.91 Å². The van der Waals surface area contributed by atoms with Crippen molar-refractivity contribution in [1.82, 2.24) is 5.32 Å². The Labute approximate surface area is 154 Å². The third-order valence-electron chi connectivity index (χ3n) is 4.19. The first-order valence-corrected chi connectivity index (χ1v) is 8.79. The molecule has 0 aliphatic heterocycles. The first-order chi connectivity index (χ1) is 12.4. The Morgan fingerprint density at radius 2 is 1.77 bits per heavy atom. The van der Waals surface area contributed by atoms with E-state index in [9.17, 15) is 9.59 Å². The molecule has 5 heteroatoms. The van der Waals surface area contributed by atoms with E-state index >= 15 is 0 Å². The fourth-order valence-corrected chi connectivity index (χ4v) is 2.59. The summed E-state index contributed by atoms with van der Waals surface area (Å²) in [7, 11) is 1.57. The zero-order chi connectivity index (χ0) is 19.1. The normalized spacial score (nSPS) is 11.7. The van der Waals surface area contributed by atoms with E-state index in [-0.39, 0.29) is 17.7 Å². The van der Waals surface area contributed by atoms with Crippen LogP contribution in [0.1, 0.15) is 36.7 Å². The average molecular weight is 354 g/mol. The fourth-order valence-electron chi connectivity index (χ4n) is 2.59. The fraction of sp³-hybridized carbons (Fsp3) is 0.333. The second-order valence-corrected chi connectivity index (χ2v) is 6.47. The van der Waals surface area contributed by atoms with Crippen LogP contribution in [-0.2, 0) is 11.2 Å². The molecule has 0 saturated heterocycles. The molecule has 1 atom stereocenters. The third kappa shape index (κ3) is 5.09. The van der Waals surface area contributed by atoms with Gasteiger partial charge in [0.15, 0.2) is 0 Å². The number of benzene rings is 2. The first kappa shape index (κ1) is 19.5. The van der Waals surface area contributed by atoms with E-state index in [1.807, 2.05) is 38.1 Å². The van der Waals surface area contributed by atoms with Gasteiger partial charge >= 0.3 is 0 Å². The Bertz CT molecular complexity index is 754. The van der Waals surface area contributed by atoms with E-state index < -0.39 is 6.04 Å². The molecule has 2 aromatic rings. The van der Waals surface area contributed by atoms with Crippen molar-refractivity contribution in [2.75, 3.05) is 12.4 Å². The van der Waals surface area contributed by atoms with Gasteiger partial charge in [-0.2, -0.15) is 0 Å². The number of hydrogen-bond acceptors (Lipinski definition) is 3. The van der Waals surface area contributed by atoms with Gasteiger partial charge in [0.25, 0.3) is 5.91 Å². The zero-order valence-electron chi connectivity index (χ0n) is 15.7. The molecule has 26 heavy (non-hydrogen) atoms. The lowest BCUT2D eigenvalue weighted by Gasteiger charge is -2.22. The van der Waals surface area contributed by atoms with Crippen molar-refractivity contribution in [1.29, 1.82) is 0 Å². The first-order valence-electron chi connectivity index (χ1n) is 8.79. The summed E-state index contributed by atoms with van der Waals surface area (Å²) in [6.07, 6.45) is 0.894. The number of methoxy groups -OCH3 is 1. The van der Waals surface area contributed by atoms with Crippen LogP contribution in [0, 0.1) is 5.92 Å². The van der Waals surface area contributed by atoms with Crippen LogP contribution < -0.4 is 15.4 Å². The SMILES string of the molecule is CCc1cccc(NC(=O)[C@H](NC(=O)c2ccc(OC)cc2)C(C)C)c1. The number of hydrogen-bond donors (Lipinski definition) is 2. The maximum Gasteiger partial charge on any atom is 0.251 e. The topological polar surface area (TPSA) is 67.4 Å². The molecule has 2 aromatic carbocycles. The Morgan fingerprint density at radius 3 is 2.35 bits per heavy atom. The second-order valence-electron chi connectivity index (χ2n) is 6.47. The Kier molecular flexibility index (Phi) is 6.78. The standard InChI is InChI=1S/C21H26N2O3/c1-5-15-7-6-8-17(13-15)22-21(25)19(14(2)3)23-20(24)16-9-11-18(26-4)12-10-16/h6-14,19H,5H2,1-4H3,(H,22,25)(H,23,24)/t19-/m1/s1. The van der Waals surface area contributed by atoms with Gasteiger partial charge < -0.3 is 15.4 Å². The minimum absolute atomic E-state index is 0.0495. The van der Waals surface area contributed by atoms with Crippen LogP contribution in [0.5, 0.6) is 5.75 Å². The Hall–Kier alpha value is -2.82. The minimum atomic E-state index is -0.630. The third-order valence-corrected chi connectivity index (χ3v) is 4.19. The summed E-state index contributed by atoms with van der Waals surface area (Å²) in [5.74, 6) is 0.112. The van der Waals surface area contributed by atoms with Crippen LogP contribution in [0.4, 0.5) is 5.69 Å². The zero-order valence-corrected chi connectivity index (χ0v) is 15.7. The smallest absolute Gasteiger partial charge is 0.251 e. The maximum absolute atomic E-state index is 12.7. The van der Waals surface area contributed by atoms with E-state index in [0.29, 0.717) is 11.3 Å². The molecular formula is C21H26N2O3. The Balaban J connectivity index is 2.08. The van der Waals surface area contributed by atoms with Crippen LogP contribution >= 0.6 is 0 Å². The summed E-state index contributed by atoms with van der Waals surface area (Å²) in [5, 5.41) is 5.73. The summed E-state index contributed by atoms with van der Waals surface area (Å²) in [5.41, 5.74) is 2.36. The van der Waals surface area contributed by atoms with Gasteiger partial charge in [0.1, 0.15) is 11.8 Å². The Morgan fingerprint density at radius 1 is 1.08 bits per heavy atom. The van der Waals surface area contributed by atoms with Gasteiger partial charge in [-0.25, -0.2) is 0 Å². The number of aryl methyl sites for hydroxylation is 1. The summed E-state index contributed by atoms with van der Waals surface area (Å²) in [4.78, 5) is 25.2. The molecule has 2 amide bonds. The van der Waals surface area contributed by atoms with E-state index in [4.69, 9.17) is 4.74 Å².